The van der Waals surface area contributed by atoms with Gasteiger partial charge in [-0.3, -0.25) is 0 Å². The van der Waals surface area contributed by atoms with Crippen LogP contribution in [0.2, 0.25) is 0 Å². The first-order valence-corrected chi connectivity index (χ1v) is 5.56. The number of alkyl halides is 5. The number of thiocarbonyl (C=S) groups is 1. The summed E-state index contributed by atoms with van der Waals surface area (Å²) in [4.78, 5) is -0.147. The Hall–Kier alpha value is -1.35. The van der Waals surface area contributed by atoms with Crippen LogP contribution in [0.5, 0.6) is 0 Å². The lowest BCUT2D eigenvalue weighted by molar-refractivity contribution is -0.297. The molecule has 0 spiro atoms. The SMILES string of the molecule is NC(=S)c1ccc(F)cc1COCC(F)(F)C(F)(F)F. The molecule has 1 rings (SSSR count). The van der Waals surface area contributed by atoms with E-state index in [2.05, 4.69) is 17.0 Å². The number of ether oxygens (including phenoxy) is 1. The Morgan fingerprint density at radius 2 is 1.80 bits per heavy atom. The van der Waals surface area contributed by atoms with E-state index in [1.807, 2.05) is 0 Å². The molecule has 0 saturated heterocycles. The molecule has 0 heterocycles. The van der Waals surface area contributed by atoms with Crippen LogP contribution < -0.4 is 5.73 Å². The maximum atomic E-state index is 13.0. The summed E-state index contributed by atoms with van der Waals surface area (Å²) >= 11 is 4.65. The van der Waals surface area contributed by atoms with E-state index < -0.39 is 31.1 Å². The molecular weight excluding hydrogens is 308 g/mol. The topological polar surface area (TPSA) is 35.2 Å². The summed E-state index contributed by atoms with van der Waals surface area (Å²) in [5, 5.41) is 0. The summed E-state index contributed by atoms with van der Waals surface area (Å²) in [6.07, 6.45) is -5.71. The van der Waals surface area contributed by atoms with Gasteiger partial charge in [0.2, 0.25) is 0 Å². The highest BCUT2D eigenvalue weighted by Gasteiger charge is 2.57. The highest BCUT2D eigenvalue weighted by atomic mass is 32.1. The Bertz CT molecular complexity index is 502. The van der Waals surface area contributed by atoms with Gasteiger partial charge in [0.1, 0.15) is 17.4 Å². The number of nitrogens with two attached hydrogens (primary N) is 1. The van der Waals surface area contributed by atoms with Crippen LogP contribution >= 0.6 is 12.2 Å². The van der Waals surface area contributed by atoms with Crippen molar-refractivity contribution in [3.8, 4) is 0 Å². The van der Waals surface area contributed by atoms with Crippen LogP contribution in [-0.4, -0.2) is 23.7 Å². The summed E-state index contributed by atoms with van der Waals surface area (Å²) in [7, 11) is 0. The molecule has 0 aliphatic heterocycles. The largest absolute Gasteiger partial charge is 0.455 e. The van der Waals surface area contributed by atoms with Gasteiger partial charge in [0.15, 0.2) is 0 Å². The van der Waals surface area contributed by atoms with Gasteiger partial charge in [-0.1, -0.05) is 12.2 Å². The van der Waals surface area contributed by atoms with Crippen molar-refractivity contribution in [1.29, 1.82) is 0 Å². The van der Waals surface area contributed by atoms with Gasteiger partial charge in [-0.05, 0) is 23.8 Å². The Balaban J connectivity index is 2.76. The van der Waals surface area contributed by atoms with Crippen molar-refractivity contribution in [3.05, 3.63) is 35.1 Å². The fourth-order valence-electron chi connectivity index (χ4n) is 1.29. The molecule has 112 valence electrons. The fourth-order valence-corrected chi connectivity index (χ4v) is 1.49. The maximum Gasteiger partial charge on any atom is 0.455 e. The van der Waals surface area contributed by atoms with E-state index in [4.69, 9.17) is 5.73 Å². The monoisotopic (exact) mass is 317 g/mol. The van der Waals surface area contributed by atoms with E-state index >= 15 is 0 Å². The molecule has 9 heteroatoms. The zero-order valence-electron chi connectivity index (χ0n) is 9.81. The molecule has 1 aromatic carbocycles. The van der Waals surface area contributed by atoms with Crippen molar-refractivity contribution >= 4 is 17.2 Å². The van der Waals surface area contributed by atoms with Crippen LogP contribution in [0.25, 0.3) is 0 Å². The minimum atomic E-state index is -5.71. The molecule has 20 heavy (non-hydrogen) atoms. The van der Waals surface area contributed by atoms with Crippen LogP contribution in [-0.2, 0) is 11.3 Å². The molecule has 0 saturated carbocycles. The van der Waals surface area contributed by atoms with E-state index in [9.17, 15) is 26.3 Å². The molecule has 0 bridgehead atoms. The minimum absolute atomic E-state index is 0.00419. The Morgan fingerprint density at radius 3 is 2.30 bits per heavy atom. The first-order chi connectivity index (χ1) is 9.04. The predicted molar refractivity (Wildman–Crippen MR) is 62.9 cm³/mol. The van der Waals surface area contributed by atoms with Crippen molar-refractivity contribution in [2.24, 2.45) is 5.73 Å². The molecule has 0 atom stereocenters. The van der Waals surface area contributed by atoms with E-state index in [-0.39, 0.29) is 16.1 Å². The number of benzene rings is 1. The molecular formula is C11H9F6NOS. The maximum absolute atomic E-state index is 13.0. The average molecular weight is 317 g/mol. The van der Waals surface area contributed by atoms with Gasteiger partial charge in [-0.25, -0.2) is 4.39 Å². The molecule has 0 aliphatic rings. The van der Waals surface area contributed by atoms with Crippen LogP contribution in [0, 0.1) is 5.82 Å². The van der Waals surface area contributed by atoms with Crippen molar-refractivity contribution in [2.75, 3.05) is 6.61 Å². The number of hydrogen-bond acceptors (Lipinski definition) is 2. The van der Waals surface area contributed by atoms with Crippen LogP contribution in [0.1, 0.15) is 11.1 Å². The summed E-state index contributed by atoms with van der Waals surface area (Å²) in [6.45, 7) is -2.54. The third-order valence-electron chi connectivity index (χ3n) is 2.29. The second kappa shape index (κ2) is 5.96. The van der Waals surface area contributed by atoms with Gasteiger partial charge in [0.05, 0.1) is 6.61 Å². The van der Waals surface area contributed by atoms with Crippen molar-refractivity contribution < 1.29 is 31.1 Å². The van der Waals surface area contributed by atoms with Gasteiger partial charge in [0.25, 0.3) is 0 Å². The summed E-state index contributed by atoms with van der Waals surface area (Å²) in [5.74, 6) is -5.70. The van der Waals surface area contributed by atoms with E-state index in [0.717, 1.165) is 12.1 Å². The standard InChI is InChI=1S/C11H9F6NOS/c12-7-1-2-8(9(18)20)6(3-7)4-19-5-10(13,14)11(15,16)17/h1-3H,4-5H2,(H2,18,20). The molecule has 0 fully saturated rings. The first-order valence-electron chi connectivity index (χ1n) is 5.15. The van der Waals surface area contributed by atoms with Crippen LogP contribution in [0.3, 0.4) is 0 Å². The zero-order chi connectivity index (χ0) is 15.6. The van der Waals surface area contributed by atoms with Gasteiger partial charge in [-0.15, -0.1) is 0 Å². The van der Waals surface area contributed by atoms with Gasteiger partial charge >= 0.3 is 12.1 Å². The molecule has 1 aromatic rings. The fraction of sp³-hybridized carbons (Fsp3) is 0.364. The van der Waals surface area contributed by atoms with E-state index in [1.165, 1.54) is 6.07 Å². The zero-order valence-corrected chi connectivity index (χ0v) is 10.6. The van der Waals surface area contributed by atoms with Gasteiger partial charge in [-0.2, -0.15) is 22.0 Å². The van der Waals surface area contributed by atoms with Crippen molar-refractivity contribution in [1.82, 2.24) is 0 Å². The Labute approximate surface area is 115 Å². The first kappa shape index (κ1) is 16.7. The van der Waals surface area contributed by atoms with E-state index in [0.29, 0.717) is 0 Å². The quantitative estimate of drug-likeness (QED) is 0.669. The smallest absolute Gasteiger partial charge is 0.389 e. The predicted octanol–water partition coefficient (Wildman–Crippen LogP) is 3.17. The summed E-state index contributed by atoms with van der Waals surface area (Å²) in [6, 6.07) is 3.13. The van der Waals surface area contributed by atoms with Crippen LogP contribution in [0.4, 0.5) is 26.3 Å². The van der Waals surface area contributed by atoms with E-state index in [1.54, 1.807) is 0 Å². The Morgan fingerprint density at radius 1 is 1.20 bits per heavy atom. The molecule has 2 nitrogen and oxygen atoms in total. The molecule has 0 aromatic heterocycles. The highest BCUT2D eigenvalue weighted by Crippen LogP contribution is 2.35. The lowest BCUT2D eigenvalue weighted by Gasteiger charge is -2.19. The number of rotatable bonds is 5. The second-order valence-electron chi connectivity index (χ2n) is 3.86. The third-order valence-corrected chi connectivity index (χ3v) is 2.51. The van der Waals surface area contributed by atoms with Crippen LogP contribution in [0.15, 0.2) is 18.2 Å². The molecule has 0 aliphatic carbocycles. The number of halogens is 6. The lowest BCUT2D eigenvalue weighted by atomic mass is 10.1. The molecule has 2 N–H and O–H groups in total. The van der Waals surface area contributed by atoms with Gasteiger partial charge in [0, 0.05) is 5.56 Å². The normalized spacial score (nSPS) is 12.5. The average Bonchev–Trinajstić information content (AvgIpc) is 2.26. The molecule has 0 radical (unpaired) electrons. The highest BCUT2D eigenvalue weighted by molar-refractivity contribution is 7.80. The minimum Gasteiger partial charge on any atom is -0.389 e. The third kappa shape index (κ3) is 4.07. The lowest BCUT2D eigenvalue weighted by Crippen LogP contribution is -2.40. The van der Waals surface area contributed by atoms with Crippen molar-refractivity contribution in [2.45, 2.75) is 18.7 Å². The number of hydrogen-bond donors (Lipinski definition) is 1. The van der Waals surface area contributed by atoms with Gasteiger partial charge < -0.3 is 10.5 Å². The summed E-state index contributed by atoms with van der Waals surface area (Å²) < 4.78 is 78.2. The molecule has 0 unspecified atom stereocenters. The molecule has 0 amide bonds. The summed E-state index contributed by atoms with van der Waals surface area (Å²) in [5.41, 5.74) is 5.46. The van der Waals surface area contributed by atoms with Crippen molar-refractivity contribution in [3.63, 3.8) is 0 Å². The Kier molecular flexibility index (Phi) is 4.98. The second-order valence-corrected chi connectivity index (χ2v) is 4.30.